The van der Waals surface area contributed by atoms with Gasteiger partial charge in [0.2, 0.25) is 10.0 Å². The standard InChI is InChI=1S/C19H27N3O2S2/c1-15(2)12-17-4-6-19(7-5-17)26(23,24)22-10-8-21(9-11-22)13-18-14-25-16(3)20-18/h4-7,14-15H,8-13H2,1-3H3. The fraction of sp³-hybridized carbons (Fsp3) is 0.526. The summed E-state index contributed by atoms with van der Waals surface area (Å²) in [6.07, 6.45) is 0.967. The molecular weight excluding hydrogens is 366 g/mol. The summed E-state index contributed by atoms with van der Waals surface area (Å²) in [5.74, 6) is 0.562. The van der Waals surface area contributed by atoms with E-state index in [0.717, 1.165) is 36.8 Å². The third-order valence-corrected chi connectivity index (χ3v) is 7.32. The zero-order valence-electron chi connectivity index (χ0n) is 15.7. The molecule has 142 valence electrons. The predicted molar refractivity (Wildman–Crippen MR) is 106 cm³/mol. The van der Waals surface area contributed by atoms with E-state index in [1.807, 2.05) is 19.1 Å². The van der Waals surface area contributed by atoms with Gasteiger partial charge in [-0.25, -0.2) is 13.4 Å². The minimum Gasteiger partial charge on any atom is -0.295 e. The van der Waals surface area contributed by atoms with Crippen molar-refractivity contribution in [2.45, 2.75) is 38.6 Å². The molecule has 7 heteroatoms. The summed E-state index contributed by atoms with van der Waals surface area (Å²) in [5, 5.41) is 3.15. The van der Waals surface area contributed by atoms with E-state index in [1.165, 1.54) is 5.56 Å². The second-order valence-electron chi connectivity index (χ2n) is 7.28. The first-order valence-corrected chi connectivity index (χ1v) is 11.4. The van der Waals surface area contributed by atoms with Gasteiger partial charge in [0.15, 0.2) is 0 Å². The molecule has 1 aromatic heterocycles. The number of hydrogen-bond acceptors (Lipinski definition) is 5. The van der Waals surface area contributed by atoms with Crippen LogP contribution in [0.3, 0.4) is 0 Å². The van der Waals surface area contributed by atoms with Gasteiger partial charge >= 0.3 is 0 Å². The van der Waals surface area contributed by atoms with Crippen molar-refractivity contribution >= 4 is 21.4 Å². The highest BCUT2D eigenvalue weighted by atomic mass is 32.2. The van der Waals surface area contributed by atoms with Crippen LogP contribution >= 0.6 is 11.3 Å². The van der Waals surface area contributed by atoms with Gasteiger partial charge in [0.1, 0.15) is 0 Å². The topological polar surface area (TPSA) is 53.5 Å². The molecule has 0 unspecified atom stereocenters. The molecule has 0 spiro atoms. The van der Waals surface area contributed by atoms with Gasteiger partial charge in [-0.3, -0.25) is 4.90 Å². The van der Waals surface area contributed by atoms with Crippen LogP contribution in [-0.2, 0) is 23.0 Å². The number of hydrogen-bond donors (Lipinski definition) is 0. The molecular formula is C19H27N3O2S2. The number of rotatable bonds is 6. The van der Waals surface area contributed by atoms with Crippen molar-refractivity contribution in [2.24, 2.45) is 5.92 Å². The van der Waals surface area contributed by atoms with Gasteiger partial charge in [0.05, 0.1) is 15.6 Å². The molecule has 0 aliphatic carbocycles. The lowest BCUT2D eigenvalue weighted by molar-refractivity contribution is 0.180. The van der Waals surface area contributed by atoms with Crippen LogP contribution in [0.4, 0.5) is 0 Å². The molecule has 1 aromatic carbocycles. The lowest BCUT2D eigenvalue weighted by Crippen LogP contribution is -2.48. The maximum atomic E-state index is 12.9. The molecule has 1 aliphatic heterocycles. The van der Waals surface area contributed by atoms with Crippen LogP contribution in [0, 0.1) is 12.8 Å². The first kappa shape index (κ1) is 19.5. The van der Waals surface area contributed by atoms with E-state index in [4.69, 9.17) is 0 Å². The molecule has 1 fully saturated rings. The summed E-state index contributed by atoms with van der Waals surface area (Å²) < 4.78 is 27.4. The highest BCUT2D eigenvalue weighted by Gasteiger charge is 2.28. The van der Waals surface area contributed by atoms with Crippen molar-refractivity contribution in [3.05, 3.63) is 45.9 Å². The molecule has 0 radical (unpaired) electrons. The van der Waals surface area contributed by atoms with Crippen molar-refractivity contribution in [1.29, 1.82) is 0 Å². The SMILES string of the molecule is Cc1nc(CN2CCN(S(=O)(=O)c3ccc(CC(C)C)cc3)CC2)cs1. The van der Waals surface area contributed by atoms with Crippen LogP contribution < -0.4 is 0 Å². The fourth-order valence-electron chi connectivity index (χ4n) is 3.26. The Kier molecular flexibility index (Phi) is 6.12. The molecule has 26 heavy (non-hydrogen) atoms. The van der Waals surface area contributed by atoms with Crippen molar-refractivity contribution < 1.29 is 8.42 Å². The van der Waals surface area contributed by atoms with Crippen molar-refractivity contribution in [3.63, 3.8) is 0 Å². The lowest BCUT2D eigenvalue weighted by Gasteiger charge is -2.33. The quantitative estimate of drug-likeness (QED) is 0.756. The second kappa shape index (κ2) is 8.17. The summed E-state index contributed by atoms with van der Waals surface area (Å²) >= 11 is 1.66. The van der Waals surface area contributed by atoms with Gasteiger partial charge in [0, 0.05) is 38.1 Å². The summed E-state index contributed by atoms with van der Waals surface area (Å²) in [4.78, 5) is 7.16. The van der Waals surface area contributed by atoms with Gasteiger partial charge in [-0.15, -0.1) is 11.3 Å². The van der Waals surface area contributed by atoms with E-state index in [0.29, 0.717) is 23.9 Å². The van der Waals surface area contributed by atoms with Gasteiger partial charge in [-0.05, 0) is 37.0 Å². The normalized spacial score (nSPS) is 17.1. The Bertz CT molecular complexity index is 821. The Morgan fingerprint density at radius 1 is 1.12 bits per heavy atom. The zero-order chi connectivity index (χ0) is 18.7. The fourth-order valence-corrected chi connectivity index (χ4v) is 5.28. The van der Waals surface area contributed by atoms with Crippen LogP contribution in [0.15, 0.2) is 34.5 Å². The Morgan fingerprint density at radius 2 is 1.77 bits per heavy atom. The Hall–Kier alpha value is -1.28. The van der Waals surface area contributed by atoms with Crippen LogP contribution in [0.25, 0.3) is 0 Å². The largest absolute Gasteiger partial charge is 0.295 e. The summed E-state index contributed by atoms with van der Waals surface area (Å²) in [6.45, 7) is 9.66. The molecule has 3 rings (SSSR count). The van der Waals surface area contributed by atoms with Gasteiger partial charge in [0.25, 0.3) is 0 Å². The number of aryl methyl sites for hydroxylation is 1. The average Bonchev–Trinajstić information content (AvgIpc) is 3.00. The van der Waals surface area contributed by atoms with E-state index in [9.17, 15) is 8.42 Å². The minimum atomic E-state index is -3.41. The van der Waals surface area contributed by atoms with Crippen LogP contribution in [0.5, 0.6) is 0 Å². The Labute approximate surface area is 160 Å². The number of nitrogens with zero attached hydrogens (tertiary/aromatic N) is 3. The Balaban J connectivity index is 1.60. The molecule has 0 N–H and O–H groups in total. The molecule has 2 heterocycles. The minimum absolute atomic E-state index is 0.397. The first-order chi connectivity index (χ1) is 12.3. The first-order valence-electron chi connectivity index (χ1n) is 9.07. The average molecular weight is 394 g/mol. The van der Waals surface area contributed by atoms with Crippen LogP contribution in [0.1, 0.15) is 30.1 Å². The van der Waals surface area contributed by atoms with Crippen molar-refractivity contribution in [3.8, 4) is 0 Å². The molecule has 0 atom stereocenters. The molecule has 0 amide bonds. The maximum absolute atomic E-state index is 12.9. The van der Waals surface area contributed by atoms with Crippen molar-refractivity contribution in [1.82, 2.24) is 14.2 Å². The predicted octanol–water partition coefficient (Wildman–Crippen LogP) is 3.16. The van der Waals surface area contributed by atoms with Gasteiger partial charge in [-0.1, -0.05) is 26.0 Å². The van der Waals surface area contributed by atoms with E-state index >= 15 is 0 Å². The summed E-state index contributed by atoms with van der Waals surface area (Å²) in [5.41, 5.74) is 2.26. The van der Waals surface area contributed by atoms with E-state index < -0.39 is 10.0 Å². The van der Waals surface area contributed by atoms with Gasteiger partial charge in [-0.2, -0.15) is 4.31 Å². The summed E-state index contributed by atoms with van der Waals surface area (Å²) in [6, 6.07) is 7.37. The molecule has 0 saturated carbocycles. The summed E-state index contributed by atoms with van der Waals surface area (Å²) in [7, 11) is -3.41. The zero-order valence-corrected chi connectivity index (χ0v) is 17.3. The number of thiazole rings is 1. The van der Waals surface area contributed by atoms with E-state index in [-0.39, 0.29) is 0 Å². The monoisotopic (exact) mass is 393 g/mol. The molecule has 5 nitrogen and oxygen atoms in total. The molecule has 1 saturated heterocycles. The van der Waals surface area contributed by atoms with Crippen LogP contribution in [0.2, 0.25) is 0 Å². The smallest absolute Gasteiger partial charge is 0.243 e. The highest BCUT2D eigenvalue weighted by molar-refractivity contribution is 7.89. The number of piperazine rings is 1. The van der Waals surface area contributed by atoms with Crippen LogP contribution in [-0.4, -0.2) is 48.8 Å². The second-order valence-corrected chi connectivity index (χ2v) is 10.3. The Morgan fingerprint density at radius 3 is 2.31 bits per heavy atom. The number of aromatic nitrogens is 1. The molecule has 2 aromatic rings. The van der Waals surface area contributed by atoms with Gasteiger partial charge < -0.3 is 0 Å². The van der Waals surface area contributed by atoms with E-state index in [2.05, 4.69) is 29.1 Å². The highest BCUT2D eigenvalue weighted by Crippen LogP contribution is 2.20. The molecule has 1 aliphatic rings. The number of benzene rings is 1. The third kappa shape index (κ3) is 4.71. The molecule has 0 bridgehead atoms. The lowest BCUT2D eigenvalue weighted by atomic mass is 10.0. The number of sulfonamides is 1. The third-order valence-electron chi connectivity index (χ3n) is 4.59. The van der Waals surface area contributed by atoms with Crippen molar-refractivity contribution in [2.75, 3.05) is 26.2 Å². The van der Waals surface area contributed by atoms with E-state index in [1.54, 1.807) is 27.8 Å². The maximum Gasteiger partial charge on any atom is 0.243 e.